The highest BCUT2D eigenvalue weighted by Gasteiger charge is 2.19. The smallest absolute Gasteiger partial charge is 0.336 e. The number of carboxylic acid groups (broad SMARTS) is 1. The molecule has 0 saturated carbocycles. The fourth-order valence-electron chi connectivity index (χ4n) is 1.79. The standard InChI is InChI=1S/C13H18N2O5/c1-4-20-8(2)7-14-11-5-10(13(16)17)6-12(9(11)3)15(18)19/h5-6,8,14H,4,7H2,1-3H3,(H,16,17). The third kappa shape index (κ3) is 3.92. The molecule has 1 unspecified atom stereocenters. The Balaban J connectivity index is 3.05. The molecule has 1 rings (SSSR count). The van der Waals surface area contributed by atoms with Gasteiger partial charge in [-0.1, -0.05) is 0 Å². The molecule has 0 aliphatic carbocycles. The van der Waals surface area contributed by atoms with Gasteiger partial charge >= 0.3 is 5.97 Å². The molecule has 7 heteroatoms. The quantitative estimate of drug-likeness (QED) is 0.588. The predicted molar refractivity (Wildman–Crippen MR) is 74.4 cm³/mol. The van der Waals surface area contributed by atoms with E-state index in [2.05, 4.69) is 5.32 Å². The van der Waals surface area contributed by atoms with Crippen LogP contribution in [0.25, 0.3) is 0 Å². The van der Waals surface area contributed by atoms with Gasteiger partial charge < -0.3 is 15.2 Å². The van der Waals surface area contributed by atoms with Gasteiger partial charge in [-0.2, -0.15) is 0 Å². The third-order valence-electron chi connectivity index (χ3n) is 2.86. The maximum atomic E-state index is 11.0. The lowest BCUT2D eigenvalue weighted by molar-refractivity contribution is -0.385. The van der Waals surface area contributed by atoms with Crippen LogP contribution in [0.1, 0.15) is 29.8 Å². The zero-order valence-electron chi connectivity index (χ0n) is 11.7. The molecule has 0 heterocycles. The van der Waals surface area contributed by atoms with Crippen molar-refractivity contribution in [1.29, 1.82) is 0 Å². The van der Waals surface area contributed by atoms with E-state index in [1.165, 1.54) is 6.07 Å². The van der Waals surface area contributed by atoms with Crippen LogP contribution in [0, 0.1) is 17.0 Å². The Kier molecular flexibility index (Phi) is 5.45. The summed E-state index contributed by atoms with van der Waals surface area (Å²) in [5, 5.41) is 22.9. The van der Waals surface area contributed by atoms with E-state index in [4.69, 9.17) is 9.84 Å². The van der Waals surface area contributed by atoms with Crippen LogP contribution in [0.3, 0.4) is 0 Å². The fraction of sp³-hybridized carbons (Fsp3) is 0.462. The second-order valence-electron chi connectivity index (χ2n) is 4.38. The first-order valence-corrected chi connectivity index (χ1v) is 6.24. The summed E-state index contributed by atoms with van der Waals surface area (Å²) >= 11 is 0. The molecule has 0 aliphatic rings. The van der Waals surface area contributed by atoms with E-state index < -0.39 is 10.9 Å². The lowest BCUT2D eigenvalue weighted by Gasteiger charge is -2.15. The Hall–Kier alpha value is -2.15. The molecule has 0 spiro atoms. The number of nitrogens with one attached hydrogen (secondary N) is 1. The second-order valence-corrected chi connectivity index (χ2v) is 4.38. The lowest BCUT2D eigenvalue weighted by Crippen LogP contribution is -2.20. The number of carboxylic acids is 1. The number of carbonyl (C=O) groups is 1. The first-order chi connectivity index (χ1) is 9.36. The number of anilines is 1. The number of aromatic carboxylic acids is 1. The summed E-state index contributed by atoms with van der Waals surface area (Å²) in [5.41, 5.74) is 0.511. The van der Waals surface area contributed by atoms with Crippen molar-refractivity contribution in [3.63, 3.8) is 0 Å². The second kappa shape index (κ2) is 6.85. The van der Waals surface area contributed by atoms with Gasteiger partial charge in [0.15, 0.2) is 0 Å². The van der Waals surface area contributed by atoms with Gasteiger partial charge in [0.1, 0.15) is 0 Å². The molecular weight excluding hydrogens is 264 g/mol. The summed E-state index contributed by atoms with van der Waals surface area (Å²) in [7, 11) is 0. The van der Waals surface area contributed by atoms with E-state index >= 15 is 0 Å². The van der Waals surface area contributed by atoms with Gasteiger partial charge in [-0.25, -0.2) is 4.79 Å². The van der Waals surface area contributed by atoms with Crippen molar-refractivity contribution in [3.8, 4) is 0 Å². The van der Waals surface area contributed by atoms with E-state index in [1.807, 2.05) is 13.8 Å². The monoisotopic (exact) mass is 282 g/mol. The molecule has 1 atom stereocenters. The normalized spacial score (nSPS) is 11.9. The zero-order chi connectivity index (χ0) is 15.3. The molecule has 0 aliphatic heterocycles. The van der Waals surface area contributed by atoms with Crippen molar-refractivity contribution in [2.24, 2.45) is 0 Å². The topological polar surface area (TPSA) is 102 Å². The minimum atomic E-state index is -1.20. The number of nitro groups is 1. The maximum absolute atomic E-state index is 11.0. The van der Waals surface area contributed by atoms with Crippen LogP contribution < -0.4 is 5.32 Å². The predicted octanol–water partition coefficient (Wildman–Crippen LogP) is 2.44. The van der Waals surface area contributed by atoms with Gasteiger partial charge in [0, 0.05) is 30.5 Å². The molecule has 0 bridgehead atoms. The Morgan fingerprint density at radius 1 is 1.55 bits per heavy atom. The van der Waals surface area contributed by atoms with Gasteiger partial charge in [0.25, 0.3) is 5.69 Å². The molecule has 110 valence electrons. The van der Waals surface area contributed by atoms with Crippen molar-refractivity contribution in [2.75, 3.05) is 18.5 Å². The van der Waals surface area contributed by atoms with Crippen LogP contribution in [0.15, 0.2) is 12.1 Å². The van der Waals surface area contributed by atoms with Gasteiger partial charge in [0.2, 0.25) is 0 Å². The number of hydrogen-bond donors (Lipinski definition) is 2. The van der Waals surface area contributed by atoms with Crippen LogP contribution in [0.5, 0.6) is 0 Å². The number of nitrogens with zero attached hydrogens (tertiary/aromatic N) is 1. The first kappa shape index (κ1) is 15.9. The SMILES string of the molecule is CCOC(C)CNc1cc(C(=O)O)cc([N+](=O)[O-])c1C. The number of benzene rings is 1. The van der Waals surface area contributed by atoms with Crippen LogP contribution in [-0.2, 0) is 4.74 Å². The van der Waals surface area contributed by atoms with Crippen molar-refractivity contribution in [2.45, 2.75) is 26.9 Å². The summed E-state index contributed by atoms with van der Waals surface area (Å²) in [6.07, 6.45) is -0.0769. The fourth-order valence-corrected chi connectivity index (χ4v) is 1.79. The molecule has 0 amide bonds. The highest BCUT2D eigenvalue weighted by atomic mass is 16.6. The number of hydrogen-bond acceptors (Lipinski definition) is 5. The van der Waals surface area contributed by atoms with E-state index in [-0.39, 0.29) is 17.4 Å². The molecule has 0 saturated heterocycles. The molecule has 20 heavy (non-hydrogen) atoms. The Morgan fingerprint density at radius 3 is 2.70 bits per heavy atom. The van der Waals surface area contributed by atoms with Gasteiger partial charge in [-0.05, 0) is 26.8 Å². The summed E-state index contributed by atoms with van der Waals surface area (Å²) in [4.78, 5) is 21.4. The van der Waals surface area contributed by atoms with E-state index in [1.54, 1.807) is 6.92 Å². The molecule has 7 nitrogen and oxygen atoms in total. The molecule has 1 aromatic rings. The summed E-state index contributed by atoms with van der Waals surface area (Å²) in [6, 6.07) is 2.46. The average molecular weight is 282 g/mol. The van der Waals surface area contributed by atoms with Crippen molar-refractivity contribution in [1.82, 2.24) is 0 Å². The Labute approximate surface area is 116 Å². The van der Waals surface area contributed by atoms with E-state index in [0.717, 1.165) is 6.07 Å². The third-order valence-corrected chi connectivity index (χ3v) is 2.86. The Bertz CT molecular complexity index is 516. The van der Waals surface area contributed by atoms with Crippen LogP contribution in [0.2, 0.25) is 0 Å². The molecule has 0 fully saturated rings. The van der Waals surface area contributed by atoms with Crippen molar-refractivity contribution in [3.05, 3.63) is 33.4 Å². The van der Waals surface area contributed by atoms with Gasteiger partial charge in [0.05, 0.1) is 16.6 Å². The van der Waals surface area contributed by atoms with Crippen LogP contribution in [-0.4, -0.2) is 35.3 Å². The highest BCUT2D eigenvalue weighted by Crippen LogP contribution is 2.27. The molecule has 2 N–H and O–H groups in total. The van der Waals surface area contributed by atoms with E-state index in [9.17, 15) is 14.9 Å². The van der Waals surface area contributed by atoms with E-state index in [0.29, 0.717) is 24.4 Å². The zero-order valence-corrected chi connectivity index (χ0v) is 11.7. The first-order valence-electron chi connectivity index (χ1n) is 6.24. The minimum absolute atomic E-state index is 0.0769. The van der Waals surface area contributed by atoms with Gasteiger partial charge in [-0.15, -0.1) is 0 Å². The summed E-state index contributed by atoms with van der Waals surface area (Å²) < 4.78 is 5.35. The molecule has 1 aromatic carbocycles. The van der Waals surface area contributed by atoms with Gasteiger partial charge in [-0.3, -0.25) is 10.1 Å². The maximum Gasteiger partial charge on any atom is 0.336 e. The average Bonchev–Trinajstić information content (AvgIpc) is 2.37. The summed E-state index contributed by atoms with van der Waals surface area (Å²) in [5.74, 6) is -1.20. The number of nitro benzene ring substituents is 1. The van der Waals surface area contributed by atoms with Crippen LogP contribution >= 0.6 is 0 Å². The Morgan fingerprint density at radius 2 is 2.20 bits per heavy atom. The largest absolute Gasteiger partial charge is 0.478 e. The molecule has 0 aromatic heterocycles. The van der Waals surface area contributed by atoms with Crippen molar-refractivity contribution >= 4 is 17.3 Å². The number of rotatable bonds is 7. The van der Waals surface area contributed by atoms with Crippen LogP contribution in [0.4, 0.5) is 11.4 Å². The summed E-state index contributed by atoms with van der Waals surface area (Å²) in [6.45, 7) is 6.32. The lowest BCUT2D eigenvalue weighted by atomic mass is 10.1. The van der Waals surface area contributed by atoms with Crippen molar-refractivity contribution < 1.29 is 19.6 Å². The minimum Gasteiger partial charge on any atom is -0.478 e. The molecule has 0 radical (unpaired) electrons. The number of ether oxygens (including phenoxy) is 1. The molecular formula is C13H18N2O5. The highest BCUT2D eigenvalue weighted by molar-refractivity contribution is 5.90.